The van der Waals surface area contributed by atoms with E-state index >= 15 is 0 Å². The number of hydrogen-bond acceptors (Lipinski definition) is 5. The zero-order chi connectivity index (χ0) is 13.2. The van der Waals surface area contributed by atoms with Crippen LogP contribution in [0.25, 0.3) is 0 Å². The molecule has 0 unspecified atom stereocenters. The van der Waals surface area contributed by atoms with Crippen molar-refractivity contribution in [2.24, 2.45) is 5.92 Å². The molecule has 102 valence electrons. The van der Waals surface area contributed by atoms with Crippen molar-refractivity contribution in [3.63, 3.8) is 0 Å². The molecule has 2 aliphatic rings. The molecule has 6 heteroatoms. The number of rotatable bonds is 3. The second kappa shape index (κ2) is 5.03. The Bertz CT molecular complexity index is 467. The smallest absolute Gasteiger partial charge is 0.310 e. The Balaban J connectivity index is 1.68. The summed E-state index contributed by atoms with van der Waals surface area (Å²) in [6.45, 7) is 3.12. The summed E-state index contributed by atoms with van der Waals surface area (Å²) in [5, 5.41) is 8.89. The molecule has 0 spiro atoms. The molecule has 2 fully saturated rings. The van der Waals surface area contributed by atoms with Crippen molar-refractivity contribution in [1.29, 1.82) is 0 Å². The van der Waals surface area contributed by atoms with E-state index in [9.17, 15) is 4.79 Å². The summed E-state index contributed by atoms with van der Waals surface area (Å²) in [6.07, 6.45) is 5.43. The zero-order valence-corrected chi connectivity index (χ0v) is 10.8. The maximum atomic E-state index is 10.8. The summed E-state index contributed by atoms with van der Waals surface area (Å²) in [4.78, 5) is 23.9. The van der Waals surface area contributed by atoms with E-state index in [0.29, 0.717) is 13.1 Å². The van der Waals surface area contributed by atoms with E-state index in [0.717, 1.165) is 24.9 Å². The van der Waals surface area contributed by atoms with Crippen LogP contribution in [0.3, 0.4) is 0 Å². The molecule has 19 heavy (non-hydrogen) atoms. The molecule has 0 aromatic carbocycles. The van der Waals surface area contributed by atoms with Crippen LogP contribution in [0.5, 0.6) is 0 Å². The highest BCUT2D eigenvalue weighted by Gasteiger charge is 2.33. The predicted molar refractivity (Wildman–Crippen MR) is 71.4 cm³/mol. The Morgan fingerprint density at radius 3 is 2.63 bits per heavy atom. The van der Waals surface area contributed by atoms with E-state index in [1.807, 2.05) is 11.0 Å². The third-order valence-corrected chi connectivity index (χ3v) is 3.82. The second-order valence-corrected chi connectivity index (χ2v) is 5.20. The van der Waals surface area contributed by atoms with Crippen molar-refractivity contribution >= 4 is 17.7 Å². The van der Waals surface area contributed by atoms with Gasteiger partial charge in [-0.3, -0.25) is 4.79 Å². The lowest BCUT2D eigenvalue weighted by Crippen LogP contribution is -2.51. The van der Waals surface area contributed by atoms with Crippen molar-refractivity contribution in [1.82, 2.24) is 9.97 Å². The van der Waals surface area contributed by atoms with Gasteiger partial charge in [0, 0.05) is 32.4 Å². The average Bonchev–Trinajstić information content (AvgIpc) is 2.38. The van der Waals surface area contributed by atoms with E-state index < -0.39 is 5.97 Å². The van der Waals surface area contributed by atoms with Crippen molar-refractivity contribution in [2.45, 2.75) is 19.3 Å². The lowest BCUT2D eigenvalue weighted by molar-refractivity contribution is -0.142. The van der Waals surface area contributed by atoms with Crippen LogP contribution < -0.4 is 9.80 Å². The van der Waals surface area contributed by atoms with Gasteiger partial charge >= 0.3 is 5.97 Å². The number of aromatic nitrogens is 2. The Hall–Kier alpha value is -1.85. The molecule has 0 aliphatic carbocycles. The van der Waals surface area contributed by atoms with Crippen LogP contribution >= 0.6 is 0 Å². The lowest BCUT2D eigenvalue weighted by Gasteiger charge is -2.38. The van der Waals surface area contributed by atoms with Gasteiger partial charge in [0.05, 0.1) is 5.92 Å². The molecule has 0 bridgehead atoms. The Labute approximate surface area is 112 Å². The van der Waals surface area contributed by atoms with Gasteiger partial charge in [-0.15, -0.1) is 0 Å². The third kappa shape index (κ3) is 2.47. The van der Waals surface area contributed by atoms with E-state index in [1.54, 1.807) is 6.20 Å². The van der Waals surface area contributed by atoms with Gasteiger partial charge in [-0.25, -0.2) is 4.98 Å². The Kier molecular flexibility index (Phi) is 3.23. The van der Waals surface area contributed by atoms with Crippen molar-refractivity contribution in [3.8, 4) is 0 Å². The SMILES string of the molecule is O=C(O)C1CN(c2ccnc(N3CCCCC3)n2)C1. The summed E-state index contributed by atoms with van der Waals surface area (Å²) in [5.74, 6) is 0.638. The van der Waals surface area contributed by atoms with E-state index in [2.05, 4.69) is 14.9 Å². The molecule has 1 N–H and O–H groups in total. The van der Waals surface area contributed by atoms with Gasteiger partial charge in [0.15, 0.2) is 0 Å². The van der Waals surface area contributed by atoms with Crippen molar-refractivity contribution in [3.05, 3.63) is 12.3 Å². The van der Waals surface area contributed by atoms with E-state index in [-0.39, 0.29) is 5.92 Å². The minimum Gasteiger partial charge on any atom is -0.481 e. The van der Waals surface area contributed by atoms with Crippen LogP contribution in [0.4, 0.5) is 11.8 Å². The molecule has 6 nitrogen and oxygen atoms in total. The second-order valence-electron chi connectivity index (χ2n) is 5.20. The number of anilines is 2. The summed E-state index contributed by atoms with van der Waals surface area (Å²) < 4.78 is 0. The molecule has 2 aliphatic heterocycles. The molecule has 3 heterocycles. The van der Waals surface area contributed by atoms with Crippen LogP contribution in [0.15, 0.2) is 12.3 Å². The van der Waals surface area contributed by atoms with Gasteiger partial charge in [-0.2, -0.15) is 4.98 Å². The fourth-order valence-corrected chi connectivity index (χ4v) is 2.58. The molecule has 0 radical (unpaired) electrons. The first kappa shape index (κ1) is 12.2. The highest BCUT2D eigenvalue weighted by Crippen LogP contribution is 2.24. The topological polar surface area (TPSA) is 69.6 Å². The quantitative estimate of drug-likeness (QED) is 0.876. The standard InChI is InChI=1S/C13H18N4O2/c18-12(19)10-8-17(9-10)11-4-5-14-13(15-11)16-6-2-1-3-7-16/h4-5,10H,1-3,6-9H2,(H,18,19). The number of carbonyl (C=O) groups is 1. The van der Waals surface area contributed by atoms with Crippen molar-refractivity contribution < 1.29 is 9.90 Å². The van der Waals surface area contributed by atoms with Gasteiger partial charge in [0.1, 0.15) is 5.82 Å². The minimum absolute atomic E-state index is 0.256. The maximum Gasteiger partial charge on any atom is 0.310 e. The summed E-state index contributed by atoms with van der Waals surface area (Å²) in [6, 6.07) is 1.85. The Morgan fingerprint density at radius 2 is 1.95 bits per heavy atom. The monoisotopic (exact) mass is 262 g/mol. The average molecular weight is 262 g/mol. The first-order valence-corrected chi connectivity index (χ1v) is 6.80. The van der Waals surface area contributed by atoms with Crippen molar-refractivity contribution in [2.75, 3.05) is 36.0 Å². The predicted octanol–water partition coefficient (Wildman–Crippen LogP) is 0.988. The maximum absolute atomic E-state index is 10.8. The number of carboxylic acid groups (broad SMARTS) is 1. The molecule has 0 amide bonds. The molecule has 3 rings (SSSR count). The number of hydrogen-bond donors (Lipinski definition) is 1. The summed E-state index contributed by atoms with van der Waals surface area (Å²) in [5.41, 5.74) is 0. The third-order valence-electron chi connectivity index (χ3n) is 3.82. The van der Waals surface area contributed by atoms with Crippen LogP contribution in [0, 0.1) is 5.92 Å². The summed E-state index contributed by atoms with van der Waals surface area (Å²) >= 11 is 0. The number of nitrogens with zero attached hydrogens (tertiary/aromatic N) is 4. The first-order chi connectivity index (χ1) is 9.24. The molecule has 2 saturated heterocycles. The van der Waals surface area contributed by atoms with Crippen LogP contribution in [-0.4, -0.2) is 47.2 Å². The molecule has 0 saturated carbocycles. The molecular weight excluding hydrogens is 244 g/mol. The van der Waals surface area contributed by atoms with Crippen LogP contribution in [0.1, 0.15) is 19.3 Å². The van der Waals surface area contributed by atoms with E-state index in [1.165, 1.54) is 19.3 Å². The zero-order valence-electron chi connectivity index (χ0n) is 10.8. The minimum atomic E-state index is -0.721. The van der Waals surface area contributed by atoms with Crippen LogP contribution in [0.2, 0.25) is 0 Å². The number of carboxylic acids is 1. The molecule has 1 aromatic rings. The first-order valence-electron chi connectivity index (χ1n) is 6.80. The molecule has 1 aromatic heterocycles. The van der Waals surface area contributed by atoms with Gasteiger partial charge in [-0.1, -0.05) is 0 Å². The van der Waals surface area contributed by atoms with Gasteiger partial charge in [-0.05, 0) is 25.3 Å². The van der Waals surface area contributed by atoms with Gasteiger partial charge in [0.2, 0.25) is 5.95 Å². The highest BCUT2D eigenvalue weighted by molar-refractivity contribution is 5.74. The van der Waals surface area contributed by atoms with Crippen LogP contribution in [-0.2, 0) is 4.79 Å². The summed E-state index contributed by atoms with van der Waals surface area (Å²) in [7, 11) is 0. The fraction of sp³-hybridized carbons (Fsp3) is 0.615. The molecule has 0 atom stereocenters. The highest BCUT2D eigenvalue weighted by atomic mass is 16.4. The van der Waals surface area contributed by atoms with Gasteiger partial charge in [0.25, 0.3) is 0 Å². The number of aliphatic carboxylic acids is 1. The van der Waals surface area contributed by atoms with E-state index in [4.69, 9.17) is 5.11 Å². The Morgan fingerprint density at radius 1 is 1.21 bits per heavy atom. The lowest BCUT2D eigenvalue weighted by atomic mass is 10.0. The molecular formula is C13H18N4O2. The normalized spacial score (nSPS) is 20.2. The largest absolute Gasteiger partial charge is 0.481 e. The number of piperidine rings is 1. The van der Waals surface area contributed by atoms with Gasteiger partial charge < -0.3 is 14.9 Å². The fourth-order valence-electron chi connectivity index (χ4n) is 2.58.